The molecule has 5 heteroatoms. The Bertz CT molecular complexity index is 483. The number of aryl methyl sites for hydroxylation is 2. The van der Waals surface area contributed by atoms with Crippen molar-refractivity contribution in [3.63, 3.8) is 0 Å². The molecule has 0 radical (unpaired) electrons. The van der Waals surface area contributed by atoms with E-state index in [4.69, 9.17) is 5.73 Å². The van der Waals surface area contributed by atoms with Gasteiger partial charge in [-0.05, 0) is 45.1 Å². The summed E-state index contributed by atoms with van der Waals surface area (Å²) in [4.78, 5) is 4.46. The molecule has 0 saturated heterocycles. The monoisotopic (exact) mass is 291 g/mol. The molecular formula is C16H29N5. The largest absolute Gasteiger partial charge is 0.370 e. The predicted octanol–water partition coefficient (Wildman–Crippen LogP) is 2.21. The third kappa shape index (κ3) is 4.48. The second kappa shape index (κ2) is 7.48. The van der Waals surface area contributed by atoms with Crippen molar-refractivity contribution < 1.29 is 0 Å². The first kappa shape index (κ1) is 15.9. The highest BCUT2D eigenvalue weighted by molar-refractivity contribution is 5.78. The molecule has 0 atom stereocenters. The highest BCUT2D eigenvalue weighted by atomic mass is 15.3. The van der Waals surface area contributed by atoms with Gasteiger partial charge in [0, 0.05) is 25.3 Å². The molecule has 1 aromatic heterocycles. The Morgan fingerprint density at radius 3 is 2.67 bits per heavy atom. The van der Waals surface area contributed by atoms with Gasteiger partial charge < -0.3 is 11.1 Å². The van der Waals surface area contributed by atoms with Crippen LogP contribution in [-0.4, -0.2) is 28.3 Å². The molecule has 0 bridgehead atoms. The Morgan fingerprint density at radius 2 is 2.05 bits per heavy atom. The van der Waals surface area contributed by atoms with Crippen molar-refractivity contribution in [1.82, 2.24) is 15.1 Å². The van der Waals surface area contributed by atoms with Crippen molar-refractivity contribution in [2.75, 3.05) is 6.54 Å². The maximum absolute atomic E-state index is 5.97. The first-order chi connectivity index (χ1) is 10.1. The molecule has 1 aliphatic rings. The predicted molar refractivity (Wildman–Crippen MR) is 87.5 cm³/mol. The fourth-order valence-corrected chi connectivity index (χ4v) is 3.14. The average Bonchev–Trinajstić information content (AvgIpc) is 2.70. The minimum Gasteiger partial charge on any atom is -0.370 e. The molecular weight excluding hydrogens is 262 g/mol. The number of nitrogens with zero attached hydrogens (tertiary/aromatic N) is 3. The van der Waals surface area contributed by atoms with Crippen LogP contribution in [0, 0.1) is 13.8 Å². The molecule has 118 valence electrons. The normalized spacial score (nSPS) is 17.2. The summed E-state index contributed by atoms with van der Waals surface area (Å²) in [6.45, 7) is 4.97. The Morgan fingerprint density at radius 1 is 1.33 bits per heavy atom. The van der Waals surface area contributed by atoms with E-state index in [1.807, 2.05) is 11.7 Å². The van der Waals surface area contributed by atoms with Gasteiger partial charge in [-0.1, -0.05) is 19.3 Å². The van der Waals surface area contributed by atoms with Gasteiger partial charge in [-0.2, -0.15) is 5.10 Å². The van der Waals surface area contributed by atoms with Gasteiger partial charge in [-0.25, -0.2) is 0 Å². The molecule has 0 spiro atoms. The summed E-state index contributed by atoms with van der Waals surface area (Å²) in [7, 11) is 2.00. The Kier molecular flexibility index (Phi) is 5.65. The van der Waals surface area contributed by atoms with E-state index in [1.165, 1.54) is 43.4 Å². The average molecular weight is 291 g/mol. The minimum atomic E-state index is 0.533. The molecule has 1 aromatic rings. The van der Waals surface area contributed by atoms with Crippen LogP contribution in [0.3, 0.4) is 0 Å². The molecule has 0 aromatic carbocycles. The van der Waals surface area contributed by atoms with Crippen molar-refractivity contribution in [1.29, 1.82) is 0 Å². The van der Waals surface area contributed by atoms with Crippen LogP contribution in [0.1, 0.15) is 55.5 Å². The quantitative estimate of drug-likeness (QED) is 0.496. The molecule has 1 saturated carbocycles. The molecule has 0 aliphatic heterocycles. The molecule has 21 heavy (non-hydrogen) atoms. The number of hydrogen-bond acceptors (Lipinski definition) is 2. The van der Waals surface area contributed by atoms with Gasteiger partial charge in [0.25, 0.3) is 0 Å². The summed E-state index contributed by atoms with van der Waals surface area (Å²) in [6.07, 6.45) is 8.47. The van der Waals surface area contributed by atoms with E-state index in [0.29, 0.717) is 12.0 Å². The van der Waals surface area contributed by atoms with Gasteiger partial charge >= 0.3 is 0 Å². The summed E-state index contributed by atoms with van der Waals surface area (Å²) >= 11 is 0. The molecule has 5 nitrogen and oxygen atoms in total. The number of aromatic nitrogens is 2. The number of nitrogens with one attached hydrogen (secondary N) is 1. The summed E-state index contributed by atoms with van der Waals surface area (Å²) in [5.41, 5.74) is 9.71. The number of aliphatic imine (C=N–C) groups is 1. The minimum absolute atomic E-state index is 0.533. The van der Waals surface area contributed by atoms with Crippen LogP contribution in [0.25, 0.3) is 0 Å². The van der Waals surface area contributed by atoms with E-state index in [2.05, 4.69) is 29.3 Å². The maximum Gasteiger partial charge on any atom is 0.188 e. The van der Waals surface area contributed by atoms with Gasteiger partial charge in [0.1, 0.15) is 0 Å². The standard InChI is InChI=1S/C16H29N5/c1-12-15(13(2)21(3)20-12)10-7-11-18-16(17)19-14-8-5-4-6-9-14/h14H,4-11H2,1-3H3,(H3,17,18,19). The van der Waals surface area contributed by atoms with Crippen LogP contribution in [0.15, 0.2) is 4.99 Å². The molecule has 0 unspecified atom stereocenters. The summed E-state index contributed by atoms with van der Waals surface area (Å²) in [5.74, 6) is 0.613. The first-order valence-electron chi connectivity index (χ1n) is 8.13. The van der Waals surface area contributed by atoms with Crippen molar-refractivity contribution >= 4 is 5.96 Å². The van der Waals surface area contributed by atoms with Crippen LogP contribution >= 0.6 is 0 Å². The lowest BCUT2D eigenvalue weighted by Gasteiger charge is -2.23. The molecule has 2 rings (SSSR count). The lowest BCUT2D eigenvalue weighted by atomic mass is 9.96. The van der Waals surface area contributed by atoms with E-state index in [9.17, 15) is 0 Å². The lowest BCUT2D eigenvalue weighted by Crippen LogP contribution is -2.41. The SMILES string of the molecule is Cc1nn(C)c(C)c1CCCN=C(N)NC1CCCCC1. The second-order valence-corrected chi connectivity index (χ2v) is 6.12. The van der Waals surface area contributed by atoms with Crippen molar-refractivity contribution in [3.05, 3.63) is 17.0 Å². The zero-order valence-corrected chi connectivity index (χ0v) is 13.7. The van der Waals surface area contributed by atoms with Gasteiger partial charge in [-0.15, -0.1) is 0 Å². The smallest absolute Gasteiger partial charge is 0.188 e. The van der Waals surface area contributed by atoms with E-state index >= 15 is 0 Å². The van der Waals surface area contributed by atoms with E-state index in [0.717, 1.165) is 25.1 Å². The third-order valence-corrected chi connectivity index (χ3v) is 4.48. The molecule has 1 fully saturated rings. The summed E-state index contributed by atoms with van der Waals surface area (Å²) in [6, 6.07) is 0.533. The van der Waals surface area contributed by atoms with Crippen LogP contribution in [-0.2, 0) is 13.5 Å². The molecule has 1 aliphatic carbocycles. The van der Waals surface area contributed by atoms with Crippen molar-refractivity contribution in [2.24, 2.45) is 17.8 Å². The maximum atomic E-state index is 5.97. The van der Waals surface area contributed by atoms with Gasteiger partial charge in [0.2, 0.25) is 0 Å². The van der Waals surface area contributed by atoms with E-state index in [1.54, 1.807) is 0 Å². The molecule has 3 N–H and O–H groups in total. The van der Waals surface area contributed by atoms with Crippen LogP contribution in [0.5, 0.6) is 0 Å². The molecule has 1 heterocycles. The Balaban J connectivity index is 1.74. The van der Waals surface area contributed by atoms with Crippen LogP contribution < -0.4 is 11.1 Å². The zero-order valence-electron chi connectivity index (χ0n) is 13.7. The second-order valence-electron chi connectivity index (χ2n) is 6.12. The summed E-state index contributed by atoms with van der Waals surface area (Å²) < 4.78 is 1.95. The zero-order chi connectivity index (χ0) is 15.2. The van der Waals surface area contributed by atoms with Crippen LogP contribution in [0.4, 0.5) is 0 Å². The Hall–Kier alpha value is -1.52. The molecule has 0 amide bonds. The van der Waals surface area contributed by atoms with Gasteiger partial charge in [0.15, 0.2) is 5.96 Å². The number of rotatable bonds is 5. The van der Waals surface area contributed by atoms with Gasteiger partial charge in [0.05, 0.1) is 5.69 Å². The van der Waals surface area contributed by atoms with Crippen LogP contribution in [0.2, 0.25) is 0 Å². The first-order valence-corrected chi connectivity index (χ1v) is 8.13. The van der Waals surface area contributed by atoms with Gasteiger partial charge in [-0.3, -0.25) is 9.67 Å². The van der Waals surface area contributed by atoms with E-state index < -0.39 is 0 Å². The number of guanidine groups is 1. The van der Waals surface area contributed by atoms with Crippen molar-refractivity contribution in [3.8, 4) is 0 Å². The number of hydrogen-bond donors (Lipinski definition) is 2. The third-order valence-electron chi connectivity index (χ3n) is 4.48. The highest BCUT2D eigenvalue weighted by Gasteiger charge is 2.13. The number of nitrogens with two attached hydrogens (primary N) is 1. The van der Waals surface area contributed by atoms with E-state index in [-0.39, 0.29) is 0 Å². The lowest BCUT2D eigenvalue weighted by molar-refractivity contribution is 0.412. The fourth-order valence-electron chi connectivity index (χ4n) is 3.14. The Labute approximate surface area is 128 Å². The van der Waals surface area contributed by atoms with Crippen molar-refractivity contribution in [2.45, 2.75) is 64.8 Å². The summed E-state index contributed by atoms with van der Waals surface area (Å²) in [5, 5.41) is 7.80. The topological polar surface area (TPSA) is 68.2 Å². The highest BCUT2D eigenvalue weighted by Crippen LogP contribution is 2.17. The fraction of sp³-hybridized carbons (Fsp3) is 0.750.